The van der Waals surface area contributed by atoms with Gasteiger partial charge in [-0.2, -0.15) is 0 Å². The molecule has 2 aromatic rings. The van der Waals surface area contributed by atoms with Crippen molar-refractivity contribution < 1.29 is 23.5 Å². The molecule has 8 nitrogen and oxygen atoms in total. The lowest BCUT2D eigenvalue weighted by Crippen LogP contribution is -2.50. The highest BCUT2D eigenvalue weighted by molar-refractivity contribution is 5.94. The zero-order chi connectivity index (χ0) is 20.6. The van der Waals surface area contributed by atoms with Gasteiger partial charge in [0.15, 0.2) is 5.76 Å². The Morgan fingerprint density at radius 2 is 1.83 bits per heavy atom. The highest BCUT2D eigenvalue weighted by Gasteiger charge is 2.24. The van der Waals surface area contributed by atoms with Crippen molar-refractivity contribution in [1.82, 2.24) is 15.1 Å². The SMILES string of the molecule is COc1cccc(C(=O)N2CCN(C(=O)CCCNC(=O)c3ccco3)CC2)c1. The fourth-order valence-electron chi connectivity index (χ4n) is 3.19. The number of nitrogens with one attached hydrogen (secondary N) is 1. The number of rotatable bonds is 7. The van der Waals surface area contributed by atoms with E-state index < -0.39 is 0 Å². The van der Waals surface area contributed by atoms with Crippen molar-refractivity contribution in [2.75, 3.05) is 39.8 Å². The Bertz CT molecular complexity index is 842. The predicted molar refractivity (Wildman–Crippen MR) is 106 cm³/mol. The molecule has 0 atom stereocenters. The summed E-state index contributed by atoms with van der Waals surface area (Å²) in [4.78, 5) is 40.3. The number of piperazine rings is 1. The van der Waals surface area contributed by atoms with Gasteiger partial charge in [0.2, 0.25) is 5.91 Å². The number of hydrogen-bond acceptors (Lipinski definition) is 5. The maximum Gasteiger partial charge on any atom is 0.286 e. The Morgan fingerprint density at radius 1 is 1.07 bits per heavy atom. The van der Waals surface area contributed by atoms with Gasteiger partial charge in [0.1, 0.15) is 5.75 Å². The first kappa shape index (κ1) is 20.4. The second kappa shape index (κ2) is 9.77. The van der Waals surface area contributed by atoms with Crippen molar-refractivity contribution in [3.8, 4) is 5.75 Å². The number of methoxy groups -OCH3 is 1. The van der Waals surface area contributed by atoms with E-state index in [-0.39, 0.29) is 23.5 Å². The molecule has 1 aromatic heterocycles. The summed E-state index contributed by atoms with van der Waals surface area (Å²) in [7, 11) is 1.57. The topological polar surface area (TPSA) is 92.1 Å². The molecule has 2 heterocycles. The van der Waals surface area contributed by atoms with Gasteiger partial charge in [-0.15, -0.1) is 0 Å². The number of carbonyl (C=O) groups excluding carboxylic acids is 3. The molecule has 0 saturated carbocycles. The molecule has 1 aliphatic rings. The summed E-state index contributed by atoms with van der Waals surface area (Å²) in [5.41, 5.74) is 0.580. The third-order valence-corrected chi connectivity index (χ3v) is 4.83. The van der Waals surface area contributed by atoms with Crippen LogP contribution in [-0.4, -0.2) is 67.4 Å². The molecular weight excluding hydrogens is 374 g/mol. The number of ether oxygens (including phenoxy) is 1. The van der Waals surface area contributed by atoms with Crippen LogP contribution in [0.1, 0.15) is 33.8 Å². The van der Waals surface area contributed by atoms with Crippen molar-refractivity contribution in [2.24, 2.45) is 0 Å². The number of furan rings is 1. The van der Waals surface area contributed by atoms with E-state index in [1.54, 1.807) is 53.3 Å². The zero-order valence-corrected chi connectivity index (χ0v) is 16.4. The molecule has 0 unspecified atom stereocenters. The molecule has 0 spiro atoms. The molecule has 1 saturated heterocycles. The molecule has 154 valence electrons. The van der Waals surface area contributed by atoms with Gasteiger partial charge in [-0.05, 0) is 36.8 Å². The summed E-state index contributed by atoms with van der Waals surface area (Å²) in [5, 5.41) is 2.73. The Morgan fingerprint density at radius 3 is 2.52 bits per heavy atom. The highest BCUT2D eigenvalue weighted by atomic mass is 16.5. The monoisotopic (exact) mass is 399 g/mol. The van der Waals surface area contributed by atoms with E-state index >= 15 is 0 Å². The Labute approximate surface area is 169 Å². The maximum absolute atomic E-state index is 12.6. The molecule has 1 fully saturated rings. The lowest BCUT2D eigenvalue weighted by molar-refractivity contribution is -0.132. The van der Waals surface area contributed by atoms with Crippen LogP contribution in [0.4, 0.5) is 0 Å². The van der Waals surface area contributed by atoms with Gasteiger partial charge >= 0.3 is 0 Å². The molecule has 1 N–H and O–H groups in total. The quantitative estimate of drug-likeness (QED) is 0.717. The van der Waals surface area contributed by atoms with Gasteiger partial charge in [0.05, 0.1) is 13.4 Å². The first-order chi connectivity index (χ1) is 14.1. The van der Waals surface area contributed by atoms with Crippen LogP contribution in [0.25, 0.3) is 0 Å². The van der Waals surface area contributed by atoms with Crippen LogP contribution in [0.15, 0.2) is 47.1 Å². The predicted octanol–water partition coefficient (Wildman–Crippen LogP) is 1.78. The zero-order valence-electron chi connectivity index (χ0n) is 16.4. The standard InChI is InChI=1S/C21H25N3O5/c1-28-17-6-2-5-16(15-17)21(27)24-12-10-23(11-13-24)19(25)8-3-9-22-20(26)18-7-4-14-29-18/h2,4-7,14-15H,3,8-13H2,1H3,(H,22,26). The van der Waals surface area contributed by atoms with Gasteiger partial charge < -0.3 is 24.3 Å². The van der Waals surface area contributed by atoms with E-state index in [1.165, 1.54) is 6.26 Å². The lowest BCUT2D eigenvalue weighted by Gasteiger charge is -2.35. The van der Waals surface area contributed by atoms with Crippen LogP contribution in [0.2, 0.25) is 0 Å². The molecule has 0 aliphatic carbocycles. The van der Waals surface area contributed by atoms with Gasteiger partial charge in [-0.25, -0.2) is 0 Å². The van der Waals surface area contributed by atoms with Gasteiger partial charge in [0.25, 0.3) is 11.8 Å². The number of benzene rings is 1. The molecule has 1 aliphatic heterocycles. The molecule has 3 rings (SSSR count). The van der Waals surface area contributed by atoms with Crippen LogP contribution < -0.4 is 10.1 Å². The Hall–Kier alpha value is -3.29. The second-order valence-electron chi connectivity index (χ2n) is 6.74. The van der Waals surface area contributed by atoms with Crippen LogP contribution in [0, 0.1) is 0 Å². The largest absolute Gasteiger partial charge is 0.497 e. The fraction of sp³-hybridized carbons (Fsp3) is 0.381. The lowest BCUT2D eigenvalue weighted by atomic mass is 10.1. The minimum absolute atomic E-state index is 0.0331. The van der Waals surface area contributed by atoms with Gasteiger partial charge in [0, 0.05) is 44.7 Å². The van der Waals surface area contributed by atoms with E-state index in [4.69, 9.17) is 9.15 Å². The van der Waals surface area contributed by atoms with Crippen molar-refractivity contribution in [3.63, 3.8) is 0 Å². The van der Waals surface area contributed by atoms with E-state index in [9.17, 15) is 14.4 Å². The highest BCUT2D eigenvalue weighted by Crippen LogP contribution is 2.16. The molecule has 8 heteroatoms. The van der Waals surface area contributed by atoms with Crippen LogP contribution in [-0.2, 0) is 4.79 Å². The van der Waals surface area contributed by atoms with E-state index in [0.29, 0.717) is 56.9 Å². The van der Waals surface area contributed by atoms with Gasteiger partial charge in [-0.3, -0.25) is 14.4 Å². The van der Waals surface area contributed by atoms with Crippen molar-refractivity contribution in [3.05, 3.63) is 54.0 Å². The first-order valence-electron chi connectivity index (χ1n) is 9.61. The van der Waals surface area contributed by atoms with Crippen LogP contribution in [0.5, 0.6) is 5.75 Å². The number of amides is 3. The minimum atomic E-state index is -0.285. The van der Waals surface area contributed by atoms with E-state index in [0.717, 1.165) is 0 Å². The normalized spacial score (nSPS) is 13.8. The van der Waals surface area contributed by atoms with E-state index in [2.05, 4.69) is 5.32 Å². The summed E-state index contributed by atoms with van der Waals surface area (Å²) in [6.07, 6.45) is 2.34. The summed E-state index contributed by atoms with van der Waals surface area (Å²) >= 11 is 0. The molecule has 1 aromatic carbocycles. The Kier molecular flexibility index (Phi) is 6.89. The first-order valence-corrected chi connectivity index (χ1v) is 9.61. The van der Waals surface area contributed by atoms with Crippen LogP contribution >= 0.6 is 0 Å². The minimum Gasteiger partial charge on any atom is -0.497 e. The fourth-order valence-corrected chi connectivity index (χ4v) is 3.19. The Balaban J connectivity index is 1.38. The van der Waals surface area contributed by atoms with Crippen molar-refractivity contribution in [2.45, 2.75) is 12.8 Å². The number of carbonyl (C=O) groups is 3. The van der Waals surface area contributed by atoms with Crippen LogP contribution in [0.3, 0.4) is 0 Å². The number of hydrogen-bond donors (Lipinski definition) is 1. The third kappa shape index (κ3) is 5.37. The smallest absolute Gasteiger partial charge is 0.286 e. The number of nitrogens with zero attached hydrogens (tertiary/aromatic N) is 2. The summed E-state index contributed by atoms with van der Waals surface area (Å²) < 4.78 is 10.2. The molecule has 29 heavy (non-hydrogen) atoms. The molecule has 3 amide bonds. The summed E-state index contributed by atoms with van der Waals surface area (Å²) in [5.74, 6) is 0.589. The summed E-state index contributed by atoms with van der Waals surface area (Å²) in [6, 6.07) is 10.3. The average molecular weight is 399 g/mol. The summed E-state index contributed by atoms with van der Waals surface area (Å²) in [6.45, 7) is 2.41. The van der Waals surface area contributed by atoms with Crippen molar-refractivity contribution >= 4 is 17.7 Å². The third-order valence-electron chi connectivity index (χ3n) is 4.83. The molecule has 0 bridgehead atoms. The molecule has 0 radical (unpaired) electrons. The molecular formula is C21H25N3O5. The van der Waals surface area contributed by atoms with E-state index in [1.807, 2.05) is 0 Å². The second-order valence-corrected chi connectivity index (χ2v) is 6.74. The average Bonchev–Trinajstić information content (AvgIpc) is 3.31. The van der Waals surface area contributed by atoms with Crippen molar-refractivity contribution in [1.29, 1.82) is 0 Å². The maximum atomic E-state index is 12.6. The van der Waals surface area contributed by atoms with Gasteiger partial charge in [-0.1, -0.05) is 6.07 Å².